The number of carbonyl (C=O) groups excluding carboxylic acids is 1. The maximum absolute atomic E-state index is 12.3. The van der Waals surface area contributed by atoms with Crippen molar-refractivity contribution in [2.75, 3.05) is 0 Å². The van der Waals surface area contributed by atoms with Crippen LogP contribution < -0.4 is 0 Å². The molecule has 1 heteroatoms. The first-order valence-electron chi connectivity index (χ1n) is 7.27. The SMILES string of the molecule is Cc1ccc(C(=O)C(C)CC2CCCCC2)cc1. The van der Waals surface area contributed by atoms with E-state index in [1.807, 2.05) is 24.3 Å². The van der Waals surface area contributed by atoms with Gasteiger partial charge in [0.2, 0.25) is 0 Å². The number of carbonyl (C=O) groups is 1. The topological polar surface area (TPSA) is 17.1 Å². The predicted octanol–water partition coefficient (Wildman–Crippen LogP) is 4.78. The molecule has 1 saturated carbocycles. The minimum Gasteiger partial charge on any atom is -0.294 e. The number of rotatable bonds is 4. The van der Waals surface area contributed by atoms with Crippen LogP contribution in [0.4, 0.5) is 0 Å². The van der Waals surface area contributed by atoms with E-state index >= 15 is 0 Å². The van der Waals surface area contributed by atoms with Gasteiger partial charge < -0.3 is 0 Å². The summed E-state index contributed by atoms with van der Waals surface area (Å²) in [7, 11) is 0. The molecular weight excluding hydrogens is 220 g/mol. The van der Waals surface area contributed by atoms with Crippen molar-refractivity contribution in [3.05, 3.63) is 35.4 Å². The van der Waals surface area contributed by atoms with Gasteiger partial charge >= 0.3 is 0 Å². The van der Waals surface area contributed by atoms with E-state index in [0.717, 1.165) is 17.9 Å². The molecule has 0 bridgehead atoms. The third-order valence-electron chi connectivity index (χ3n) is 4.20. The molecule has 0 amide bonds. The molecule has 2 rings (SSSR count). The fraction of sp³-hybridized carbons (Fsp3) is 0.588. The number of hydrogen-bond donors (Lipinski definition) is 0. The minimum atomic E-state index is 0.177. The van der Waals surface area contributed by atoms with Crippen LogP contribution >= 0.6 is 0 Å². The zero-order valence-electron chi connectivity index (χ0n) is 11.6. The van der Waals surface area contributed by atoms with E-state index < -0.39 is 0 Å². The van der Waals surface area contributed by atoms with E-state index in [-0.39, 0.29) is 5.92 Å². The zero-order valence-corrected chi connectivity index (χ0v) is 11.6. The second-order valence-electron chi connectivity index (χ2n) is 5.87. The highest BCUT2D eigenvalue weighted by atomic mass is 16.1. The number of benzene rings is 1. The Kier molecular flexibility index (Phi) is 4.57. The van der Waals surface area contributed by atoms with Gasteiger partial charge in [0.15, 0.2) is 5.78 Å². The molecule has 1 atom stereocenters. The van der Waals surface area contributed by atoms with E-state index in [4.69, 9.17) is 0 Å². The first-order chi connectivity index (χ1) is 8.66. The quantitative estimate of drug-likeness (QED) is 0.696. The lowest BCUT2D eigenvalue weighted by Gasteiger charge is -2.24. The molecule has 0 radical (unpaired) electrons. The van der Waals surface area contributed by atoms with Crippen LogP contribution in [-0.2, 0) is 0 Å². The van der Waals surface area contributed by atoms with E-state index in [1.165, 1.54) is 37.7 Å². The third-order valence-corrected chi connectivity index (χ3v) is 4.20. The Morgan fingerprint density at radius 3 is 2.39 bits per heavy atom. The molecule has 1 fully saturated rings. The Bertz CT molecular complexity index is 385. The summed E-state index contributed by atoms with van der Waals surface area (Å²) < 4.78 is 0. The van der Waals surface area contributed by atoms with Crippen molar-refractivity contribution < 1.29 is 4.79 Å². The molecule has 1 aliphatic carbocycles. The van der Waals surface area contributed by atoms with Gasteiger partial charge in [-0.3, -0.25) is 4.79 Å². The van der Waals surface area contributed by atoms with Crippen molar-refractivity contribution in [2.24, 2.45) is 11.8 Å². The number of aryl methyl sites for hydroxylation is 1. The largest absolute Gasteiger partial charge is 0.294 e. The van der Waals surface area contributed by atoms with Crippen LogP contribution in [0.3, 0.4) is 0 Å². The first-order valence-corrected chi connectivity index (χ1v) is 7.27. The average Bonchev–Trinajstić information content (AvgIpc) is 2.40. The van der Waals surface area contributed by atoms with Crippen LogP contribution in [0, 0.1) is 18.8 Å². The molecule has 1 unspecified atom stereocenters. The van der Waals surface area contributed by atoms with Gasteiger partial charge in [0.1, 0.15) is 0 Å². The maximum atomic E-state index is 12.3. The highest BCUT2D eigenvalue weighted by molar-refractivity contribution is 5.97. The Balaban J connectivity index is 1.93. The maximum Gasteiger partial charge on any atom is 0.165 e. The van der Waals surface area contributed by atoms with Gasteiger partial charge in [0.05, 0.1) is 0 Å². The Morgan fingerprint density at radius 1 is 1.17 bits per heavy atom. The summed E-state index contributed by atoms with van der Waals surface area (Å²) >= 11 is 0. The molecule has 1 aromatic carbocycles. The molecule has 0 N–H and O–H groups in total. The van der Waals surface area contributed by atoms with E-state index in [0.29, 0.717) is 5.78 Å². The van der Waals surface area contributed by atoms with Gasteiger partial charge in [0, 0.05) is 11.5 Å². The lowest BCUT2D eigenvalue weighted by molar-refractivity contribution is 0.0905. The van der Waals surface area contributed by atoms with Crippen molar-refractivity contribution in [2.45, 2.75) is 52.4 Å². The van der Waals surface area contributed by atoms with Crippen molar-refractivity contribution in [3.63, 3.8) is 0 Å². The molecule has 0 aromatic heterocycles. The highest BCUT2D eigenvalue weighted by Crippen LogP contribution is 2.30. The molecule has 1 nitrogen and oxygen atoms in total. The summed E-state index contributed by atoms with van der Waals surface area (Å²) in [5.41, 5.74) is 2.09. The first kappa shape index (κ1) is 13.3. The molecule has 0 spiro atoms. The minimum absolute atomic E-state index is 0.177. The van der Waals surface area contributed by atoms with Crippen molar-refractivity contribution in [1.82, 2.24) is 0 Å². The van der Waals surface area contributed by atoms with Crippen LogP contribution in [0.25, 0.3) is 0 Å². The highest BCUT2D eigenvalue weighted by Gasteiger charge is 2.21. The van der Waals surface area contributed by atoms with Crippen molar-refractivity contribution >= 4 is 5.78 Å². The second kappa shape index (κ2) is 6.17. The van der Waals surface area contributed by atoms with Crippen LogP contribution in [0.2, 0.25) is 0 Å². The fourth-order valence-electron chi connectivity index (χ4n) is 3.03. The van der Waals surface area contributed by atoms with Gasteiger partial charge in [-0.25, -0.2) is 0 Å². The van der Waals surface area contributed by atoms with Gasteiger partial charge in [-0.05, 0) is 19.3 Å². The molecular formula is C17H24O. The molecule has 0 aliphatic heterocycles. The summed E-state index contributed by atoms with van der Waals surface area (Å²) in [5.74, 6) is 1.28. The second-order valence-corrected chi connectivity index (χ2v) is 5.87. The van der Waals surface area contributed by atoms with Gasteiger partial charge in [-0.15, -0.1) is 0 Å². The summed E-state index contributed by atoms with van der Waals surface area (Å²) in [6.45, 7) is 4.15. The molecule has 1 aromatic rings. The van der Waals surface area contributed by atoms with Crippen LogP contribution in [0.5, 0.6) is 0 Å². The molecule has 98 valence electrons. The van der Waals surface area contributed by atoms with E-state index in [2.05, 4.69) is 13.8 Å². The molecule has 0 saturated heterocycles. The number of hydrogen-bond acceptors (Lipinski definition) is 1. The molecule has 1 aliphatic rings. The van der Waals surface area contributed by atoms with Crippen molar-refractivity contribution in [3.8, 4) is 0 Å². The standard InChI is InChI=1S/C17H24O/c1-13-8-10-16(11-9-13)17(18)14(2)12-15-6-4-3-5-7-15/h8-11,14-15H,3-7,12H2,1-2H3. The smallest absolute Gasteiger partial charge is 0.165 e. The average molecular weight is 244 g/mol. The summed E-state index contributed by atoms with van der Waals surface area (Å²) in [6, 6.07) is 7.99. The Morgan fingerprint density at radius 2 is 1.78 bits per heavy atom. The van der Waals surface area contributed by atoms with E-state index in [9.17, 15) is 4.79 Å². The number of Topliss-reactive ketones (excluding diaryl/α,β-unsaturated/α-hetero) is 1. The van der Waals surface area contributed by atoms with Gasteiger partial charge in [-0.2, -0.15) is 0 Å². The summed E-state index contributed by atoms with van der Waals surface area (Å²) in [4.78, 5) is 12.3. The third kappa shape index (κ3) is 3.44. The summed E-state index contributed by atoms with van der Waals surface area (Å²) in [6.07, 6.45) is 7.83. The molecule has 0 heterocycles. The van der Waals surface area contributed by atoms with Crippen LogP contribution in [0.1, 0.15) is 61.4 Å². The van der Waals surface area contributed by atoms with Gasteiger partial charge in [-0.1, -0.05) is 68.9 Å². The number of ketones is 1. The Labute approximate surface area is 111 Å². The predicted molar refractivity (Wildman–Crippen MR) is 75.9 cm³/mol. The lowest BCUT2D eigenvalue weighted by Crippen LogP contribution is -2.17. The van der Waals surface area contributed by atoms with Crippen molar-refractivity contribution in [1.29, 1.82) is 0 Å². The lowest BCUT2D eigenvalue weighted by atomic mass is 9.81. The van der Waals surface area contributed by atoms with E-state index in [1.54, 1.807) is 0 Å². The summed E-state index contributed by atoms with van der Waals surface area (Å²) in [5, 5.41) is 0. The molecule has 18 heavy (non-hydrogen) atoms. The van der Waals surface area contributed by atoms with Crippen LogP contribution in [-0.4, -0.2) is 5.78 Å². The Hall–Kier alpha value is -1.11. The zero-order chi connectivity index (χ0) is 13.0. The monoisotopic (exact) mass is 244 g/mol. The van der Waals surface area contributed by atoms with Gasteiger partial charge in [0.25, 0.3) is 0 Å². The normalized spacial score (nSPS) is 18.6. The van der Waals surface area contributed by atoms with Crippen LogP contribution in [0.15, 0.2) is 24.3 Å². The fourth-order valence-corrected chi connectivity index (χ4v) is 3.03.